The molecule has 0 atom stereocenters. The van der Waals surface area contributed by atoms with E-state index in [2.05, 4.69) is 29.4 Å². The van der Waals surface area contributed by atoms with E-state index in [9.17, 15) is 4.79 Å². The molecule has 1 amide bonds. The van der Waals surface area contributed by atoms with E-state index in [-0.39, 0.29) is 11.9 Å². The number of carbonyl (C=O) groups is 1. The van der Waals surface area contributed by atoms with E-state index in [1.807, 2.05) is 51.8 Å². The van der Waals surface area contributed by atoms with Gasteiger partial charge in [0.1, 0.15) is 5.82 Å². The number of rotatable bonds is 5. The van der Waals surface area contributed by atoms with E-state index < -0.39 is 0 Å². The first kappa shape index (κ1) is 20.4. The Morgan fingerprint density at radius 2 is 1.84 bits per heavy atom. The third kappa shape index (κ3) is 3.79. The van der Waals surface area contributed by atoms with Gasteiger partial charge in [0.15, 0.2) is 5.65 Å². The lowest BCUT2D eigenvalue weighted by Crippen LogP contribution is -2.20. The first-order chi connectivity index (χ1) is 15.6. The summed E-state index contributed by atoms with van der Waals surface area (Å²) in [5.41, 5.74) is 3.00. The van der Waals surface area contributed by atoms with E-state index >= 15 is 0 Å². The van der Waals surface area contributed by atoms with Gasteiger partial charge in [-0.3, -0.25) is 4.79 Å². The highest BCUT2D eigenvalue weighted by Gasteiger charge is 2.22. The van der Waals surface area contributed by atoms with Crippen molar-refractivity contribution >= 4 is 22.8 Å². The highest BCUT2D eigenvalue weighted by molar-refractivity contribution is 6.12. The third-order valence-corrected chi connectivity index (χ3v) is 6.20. The second kappa shape index (κ2) is 8.57. The van der Waals surface area contributed by atoms with Crippen molar-refractivity contribution in [3.63, 3.8) is 0 Å². The normalized spacial score (nSPS) is 14.8. The number of anilines is 1. The molecule has 5 rings (SSSR count). The number of amides is 1. The molecule has 0 bridgehead atoms. The van der Waals surface area contributed by atoms with Crippen molar-refractivity contribution in [3.8, 4) is 11.3 Å². The van der Waals surface area contributed by atoms with Crippen molar-refractivity contribution in [2.24, 2.45) is 0 Å². The van der Waals surface area contributed by atoms with Crippen LogP contribution in [-0.2, 0) is 0 Å². The Bertz CT molecular complexity index is 1230. The smallest absolute Gasteiger partial charge is 0.257 e. The maximum atomic E-state index is 13.5. The summed E-state index contributed by atoms with van der Waals surface area (Å²) in [5.74, 6) is 0.569. The Morgan fingerprint density at radius 3 is 2.59 bits per heavy atom. The number of pyridine rings is 1. The minimum atomic E-state index is -0.171. The number of nitrogens with one attached hydrogen (secondary N) is 1. The molecule has 3 aromatic heterocycles. The second-order valence-electron chi connectivity index (χ2n) is 8.75. The summed E-state index contributed by atoms with van der Waals surface area (Å²) in [6, 6.07) is 14.1. The minimum absolute atomic E-state index is 0.134. The summed E-state index contributed by atoms with van der Waals surface area (Å²) < 4.78 is 3.84. The van der Waals surface area contributed by atoms with Gasteiger partial charge in [-0.25, -0.2) is 14.3 Å². The van der Waals surface area contributed by atoms with Gasteiger partial charge < -0.3 is 5.32 Å². The van der Waals surface area contributed by atoms with Gasteiger partial charge in [-0.2, -0.15) is 10.2 Å². The summed E-state index contributed by atoms with van der Waals surface area (Å²) in [6.45, 7) is 4.12. The van der Waals surface area contributed by atoms with Gasteiger partial charge in [0, 0.05) is 17.7 Å². The molecular formula is C25H28N6O. The Labute approximate surface area is 187 Å². The molecule has 4 aromatic rings. The van der Waals surface area contributed by atoms with Crippen LogP contribution in [-0.4, -0.2) is 30.5 Å². The van der Waals surface area contributed by atoms with Crippen molar-refractivity contribution in [2.45, 2.75) is 58.0 Å². The number of carbonyl (C=O) groups excluding carboxylic acids is 1. The second-order valence-corrected chi connectivity index (χ2v) is 8.75. The Kier molecular flexibility index (Phi) is 5.47. The number of hydrogen-bond acceptors (Lipinski definition) is 4. The summed E-state index contributed by atoms with van der Waals surface area (Å²) in [6.07, 6.45) is 9.39. The zero-order chi connectivity index (χ0) is 22.1. The zero-order valence-electron chi connectivity index (χ0n) is 18.5. The number of nitrogens with zero attached hydrogens (tertiary/aromatic N) is 5. The van der Waals surface area contributed by atoms with Crippen molar-refractivity contribution < 1.29 is 4.79 Å². The molecule has 3 heterocycles. The molecule has 1 N–H and O–H groups in total. The summed E-state index contributed by atoms with van der Waals surface area (Å²) >= 11 is 0. The van der Waals surface area contributed by atoms with Crippen LogP contribution in [0.15, 0.2) is 54.9 Å². The molecule has 0 spiro atoms. The van der Waals surface area contributed by atoms with E-state index in [4.69, 9.17) is 4.98 Å². The molecule has 7 nitrogen and oxygen atoms in total. The fourth-order valence-electron chi connectivity index (χ4n) is 4.55. The average Bonchev–Trinajstić information content (AvgIpc) is 3.46. The molecular weight excluding hydrogens is 400 g/mol. The molecule has 0 saturated heterocycles. The van der Waals surface area contributed by atoms with Gasteiger partial charge in [-0.15, -0.1) is 0 Å². The maximum absolute atomic E-state index is 13.5. The van der Waals surface area contributed by atoms with Crippen LogP contribution in [0.5, 0.6) is 0 Å². The fraction of sp³-hybridized carbons (Fsp3) is 0.360. The van der Waals surface area contributed by atoms with E-state index in [0.29, 0.717) is 17.3 Å². The molecule has 7 heteroatoms. The minimum Gasteiger partial charge on any atom is -0.307 e. The summed E-state index contributed by atoms with van der Waals surface area (Å²) in [5, 5.41) is 12.9. The van der Waals surface area contributed by atoms with Crippen LogP contribution in [0, 0.1) is 0 Å². The van der Waals surface area contributed by atoms with Crippen LogP contribution in [0.2, 0.25) is 0 Å². The van der Waals surface area contributed by atoms with Crippen LogP contribution in [0.4, 0.5) is 5.82 Å². The Hall–Kier alpha value is -3.48. The number of hydrogen-bond donors (Lipinski definition) is 1. The van der Waals surface area contributed by atoms with Crippen molar-refractivity contribution in [1.29, 1.82) is 0 Å². The fourth-order valence-corrected chi connectivity index (χ4v) is 4.55. The van der Waals surface area contributed by atoms with E-state index in [1.165, 1.54) is 19.3 Å². The highest BCUT2D eigenvalue weighted by atomic mass is 16.1. The molecule has 1 aromatic carbocycles. The molecule has 164 valence electrons. The Morgan fingerprint density at radius 1 is 1.06 bits per heavy atom. The monoisotopic (exact) mass is 428 g/mol. The molecule has 0 unspecified atom stereocenters. The molecule has 1 aliphatic rings. The zero-order valence-corrected chi connectivity index (χ0v) is 18.5. The van der Waals surface area contributed by atoms with Crippen LogP contribution in [0.25, 0.3) is 22.3 Å². The standard InChI is InChI=1S/C25H28N6O/c1-17(2)30-24-21(16-27-30)20(15-22(28-24)18-9-5-3-6-10-18)25(32)29-23-13-14-26-31(23)19-11-7-4-8-12-19/h3,5-6,9-10,13-17,19H,4,7-8,11-12H2,1-2H3,(H,29,32). The predicted molar refractivity (Wildman–Crippen MR) is 126 cm³/mol. The Balaban J connectivity index is 1.55. The predicted octanol–water partition coefficient (Wildman–Crippen LogP) is 5.63. The molecule has 1 saturated carbocycles. The summed E-state index contributed by atoms with van der Waals surface area (Å²) in [4.78, 5) is 18.4. The number of benzene rings is 1. The van der Waals surface area contributed by atoms with Crippen molar-refractivity contribution in [2.75, 3.05) is 5.32 Å². The van der Waals surface area contributed by atoms with Crippen molar-refractivity contribution in [1.82, 2.24) is 24.5 Å². The maximum Gasteiger partial charge on any atom is 0.257 e. The van der Waals surface area contributed by atoms with Crippen LogP contribution >= 0.6 is 0 Å². The summed E-state index contributed by atoms with van der Waals surface area (Å²) in [7, 11) is 0. The van der Waals surface area contributed by atoms with Gasteiger partial charge >= 0.3 is 0 Å². The average molecular weight is 429 g/mol. The van der Waals surface area contributed by atoms with Gasteiger partial charge in [0.05, 0.1) is 35.1 Å². The van der Waals surface area contributed by atoms with E-state index in [1.54, 1.807) is 12.4 Å². The lowest BCUT2D eigenvalue weighted by Gasteiger charge is -2.24. The molecule has 32 heavy (non-hydrogen) atoms. The van der Waals surface area contributed by atoms with Crippen LogP contribution in [0.3, 0.4) is 0 Å². The van der Waals surface area contributed by atoms with Gasteiger partial charge in [0.25, 0.3) is 5.91 Å². The quantitative estimate of drug-likeness (QED) is 0.447. The van der Waals surface area contributed by atoms with E-state index in [0.717, 1.165) is 35.3 Å². The first-order valence-electron chi connectivity index (χ1n) is 11.4. The lowest BCUT2D eigenvalue weighted by atomic mass is 9.96. The largest absolute Gasteiger partial charge is 0.307 e. The lowest BCUT2D eigenvalue weighted by molar-refractivity contribution is 0.102. The highest BCUT2D eigenvalue weighted by Crippen LogP contribution is 2.31. The van der Waals surface area contributed by atoms with Gasteiger partial charge in [-0.1, -0.05) is 49.6 Å². The first-order valence-corrected chi connectivity index (χ1v) is 11.4. The van der Waals surface area contributed by atoms with Gasteiger partial charge in [-0.05, 0) is 32.8 Å². The van der Waals surface area contributed by atoms with Crippen LogP contribution in [0.1, 0.15) is 68.4 Å². The number of aromatic nitrogens is 5. The van der Waals surface area contributed by atoms with Crippen molar-refractivity contribution in [3.05, 3.63) is 60.4 Å². The topological polar surface area (TPSA) is 77.6 Å². The molecule has 1 aliphatic carbocycles. The SMILES string of the molecule is CC(C)n1ncc2c(C(=O)Nc3ccnn3C3CCCCC3)cc(-c3ccccc3)nc21. The molecule has 0 aliphatic heterocycles. The number of fused-ring (bicyclic) bond motifs is 1. The third-order valence-electron chi connectivity index (χ3n) is 6.20. The van der Waals surface area contributed by atoms with Gasteiger partial charge in [0.2, 0.25) is 0 Å². The van der Waals surface area contributed by atoms with Crippen LogP contribution < -0.4 is 5.32 Å². The molecule has 0 radical (unpaired) electrons. The molecule has 1 fully saturated rings.